The van der Waals surface area contributed by atoms with Gasteiger partial charge in [-0.2, -0.15) is 0 Å². The zero-order valence-corrected chi connectivity index (χ0v) is 8.65. The van der Waals surface area contributed by atoms with Crippen LogP contribution in [0.3, 0.4) is 0 Å². The Morgan fingerprint density at radius 2 is 1.93 bits per heavy atom. The van der Waals surface area contributed by atoms with Gasteiger partial charge < -0.3 is 10.4 Å². The maximum absolute atomic E-state index is 11.0. The molecule has 0 amide bonds. The lowest BCUT2D eigenvalue weighted by molar-refractivity contribution is -0.117. The van der Waals surface area contributed by atoms with Gasteiger partial charge in [-0.1, -0.05) is 12.1 Å². The molecule has 0 spiro atoms. The first-order valence-corrected chi connectivity index (χ1v) is 4.61. The molecule has 1 aromatic rings. The van der Waals surface area contributed by atoms with Gasteiger partial charge in [0.15, 0.2) is 5.78 Å². The number of benzene rings is 1. The molecule has 1 aromatic carbocycles. The van der Waals surface area contributed by atoms with Gasteiger partial charge in [-0.3, -0.25) is 4.79 Å². The van der Waals surface area contributed by atoms with Gasteiger partial charge in [0.1, 0.15) is 0 Å². The van der Waals surface area contributed by atoms with Gasteiger partial charge in [0.2, 0.25) is 0 Å². The summed E-state index contributed by atoms with van der Waals surface area (Å²) in [5.74, 6) is -1.04. The Hall–Kier alpha value is -1.84. The first-order chi connectivity index (χ1) is 7.02. The smallest absolute Gasteiger partial charge is 0.337 e. The number of para-hydroxylation sites is 1. The molecule has 4 nitrogen and oxygen atoms in total. The number of carbonyl (C=O) groups excluding carboxylic acids is 1. The van der Waals surface area contributed by atoms with E-state index in [0.29, 0.717) is 5.69 Å². The molecule has 0 saturated heterocycles. The van der Waals surface area contributed by atoms with Crippen molar-refractivity contribution in [1.29, 1.82) is 0 Å². The maximum atomic E-state index is 11.0. The fraction of sp³-hybridized carbons (Fsp3) is 0.273. The third-order valence-electron chi connectivity index (χ3n) is 2.14. The van der Waals surface area contributed by atoms with Crippen LogP contribution in [0.5, 0.6) is 0 Å². The minimum absolute atomic E-state index is 0.0322. The van der Waals surface area contributed by atoms with Crippen LogP contribution in [0.15, 0.2) is 24.3 Å². The van der Waals surface area contributed by atoms with Crippen LogP contribution in [0.4, 0.5) is 5.69 Å². The van der Waals surface area contributed by atoms with Gasteiger partial charge in [-0.25, -0.2) is 4.79 Å². The average Bonchev–Trinajstić information content (AvgIpc) is 2.18. The van der Waals surface area contributed by atoms with Gasteiger partial charge in [-0.15, -0.1) is 0 Å². The molecule has 1 rings (SSSR count). The number of ketones is 1. The van der Waals surface area contributed by atoms with Crippen molar-refractivity contribution >= 4 is 17.4 Å². The second-order valence-corrected chi connectivity index (χ2v) is 3.33. The SMILES string of the molecule is CC(=O)[C@@H](C)Nc1ccccc1C(=O)O. The molecule has 0 aliphatic carbocycles. The zero-order valence-electron chi connectivity index (χ0n) is 8.65. The highest BCUT2D eigenvalue weighted by Gasteiger charge is 2.12. The second-order valence-electron chi connectivity index (χ2n) is 3.33. The van der Waals surface area contributed by atoms with Crippen molar-refractivity contribution in [3.05, 3.63) is 29.8 Å². The minimum atomic E-state index is -1.01. The summed E-state index contributed by atoms with van der Waals surface area (Å²) in [6, 6.07) is 6.13. The van der Waals surface area contributed by atoms with Crippen LogP contribution in [0.1, 0.15) is 24.2 Å². The van der Waals surface area contributed by atoms with Crippen molar-refractivity contribution in [3.8, 4) is 0 Å². The molecule has 0 bridgehead atoms. The quantitative estimate of drug-likeness (QED) is 0.789. The van der Waals surface area contributed by atoms with Crippen LogP contribution in [0, 0.1) is 0 Å². The minimum Gasteiger partial charge on any atom is -0.478 e. The summed E-state index contributed by atoms with van der Waals surface area (Å²) in [7, 11) is 0. The highest BCUT2D eigenvalue weighted by atomic mass is 16.4. The maximum Gasteiger partial charge on any atom is 0.337 e. The summed E-state index contributed by atoms with van der Waals surface area (Å²) in [4.78, 5) is 21.9. The number of anilines is 1. The number of hydrogen-bond donors (Lipinski definition) is 2. The standard InChI is InChI=1S/C11H13NO3/c1-7(8(2)13)12-10-6-4-3-5-9(10)11(14)15/h3-7,12H,1-2H3,(H,14,15)/t7-/m1/s1. The summed E-state index contributed by atoms with van der Waals surface area (Å²) in [5, 5.41) is 11.8. The van der Waals surface area contributed by atoms with E-state index in [1.807, 2.05) is 0 Å². The number of aromatic carboxylic acids is 1. The number of carboxylic acids is 1. The summed E-state index contributed by atoms with van der Waals surface area (Å²) in [6.07, 6.45) is 0. The molecular formula is C11H13NO3. The first-order valence-electron chi connectivity index (χ1n) is 4.61. The van der Waals surface area contributed by atoms with Crippen molar-refractivity contribution in [2.75, 3.05) is 5.32 Å². The van der Waals surface area contributed by atoms with Crippen LogP contribution in [0.2, 0.25) is 0 Å². The lowest BCUT2D eigenvalue weighted by atomic mass is 10.1. The molecule has 0 radical (unpaired) electrons. The van der Waals surface area contributed by atoms with E-state index in [1.165, 1.54) is 13.0 Å². The number of rotatable bonds is 4. The number of carboxylic acid groups (broad SMARTS) is 1. The van der Waals surface area contributed by atoms with Crippen molar-refractivity contribution in [1.82, 2.24) is 0 Å². The molecular weight excluding hydrogens is 194 g/mol. The lowest BCUT2D eigenvalue weighted by Gasteiger charge is -2.13. The van der Waals surface area contributed by atoms with Crippen LogP contribution >= 0.6 is 0 Å². The van der Waals surface area contributed by atoms with E-state index in [0.717, 1.165) is 0 Å². The summed E-state index contributed by atoms with van der Waals surface area (Å²) < 4.78 is 0. The van der Waals surface area contributed by atoms with E-state index in [9.17, 15) is 9.59 Å². The Morgan fingerprint density at radius 1 is 1.33 bits per heavy atom. The highest BCUT2D eigenvalue weighted by Crippen LogP contribution is 2.15. The van der Waals surface area contributed by atoms with Crippen molar-refractivity contribution in [3.63, 3.8) is 0 Å². The molecule has 15 heavy (non-hydrogen) atoms. The van der Waals surface area contributed by atoms with Crippen molar-refractivity contribution in [2.24, 2.45) is 0 Å². The van der Waals surface area contributed by atoms with Crippen molar-refractivity contribution < 1.29 is 14.7 Å². The molecule has 0 unspecified atom stereocenters. The highest BCUT2D eigenvalue weighted by molar-refractivity contribution is 5.95. The van der Waals surface area contributed by atoms with E-state index in [-0.39, 0.29) is 17.4 Å². The van der Waals surface area contributed by atoms with Crippen LogP contribution in [-0.2, 0) is 4.79 Å². The molecule has 80 valence electrons. The topological polar surface area (TPSA) is 66.4 Å². The molecule has 0 fully saturated rings. The van der Waals surface area contributed by atoms with E-state index in [2.05, 4.69) is 5.32 Å². The average molecular weight is 207 g/mol. The molecule has 2 N–H and O–H groups in total. The largest absolute Gasteiger partial charge is 0.478 e. The second kappa shape index (κ2) is 4.59. The third-order valence-corrected chi connectivity index (χ3v) is 2.14. The van der Waals surface area contributed by atoms with Crippen LogP contribution < -0.4 is 5.32 Å². The van der Waals surface area contributed by atoms with E-state index in [1.54, 1.807) is 25.1 Å². The van der Waals surface area contributed by atoms with E-state index in [4.69, 9.17) is 5.11 Å². The van der Waals surface area contributed by atoms with Crippen LogP contribution in [0.25, 0.3) is 0 Å². The molecule has 0 aromatic heterocycles. The van der Waals surface area contributed by atoms with Gasteiger partial charge in [0.25, 0.3) is 0 Å². The monoisotopic (exact) mass is 207 g/mol. The Bertz CT molecular complexity index is 387. The molecule has 0 aliphatic heterocycles. The Morgan fingerprint density at radius 3 is 2.47 bits per heavy atom. The number of carbonyl (C=O) groups is 2. The summed E-state index contributed by atoms with van der Waals surface area (Å²) in [6.45, 7) is 3.15. The Labute approximate surface area is 87.9 Å². The Balaban J connectivity index is 2.94. The summed E-state index contributed by atoms with van der Waals surface area (Å²) >= 11 is 0. The van der Waals surface area contributed by atoms with Crippen molar-refractivity contribution in [2.45, 2.75) is 19.9 Å². The van der Waals surface area contributed by atoms with E-state index >= 15 is 0 Å². The fourth-order valence-electron chi connectivity index (χ4n) is 1.13. The fourth-order valence-corrected chi connectivity index (χ4v) is 1.13. The number of Topliss-reactive ketones (excluding diaryl/α,β-unsaturated/α-hetero) is 1. The molecule has 0 aliphatic rings. The van der Waals surface area contributed by atoms with Gasteiger partial charge in [0, 0.05) is 5.69 Å². The Kier molecular flexibility index (Phi) is 3.44. The lowest BCUT2D eigenvalue weighted by Crippen LogP contribution is -2.24. The predicted octanol–water partition coefficient (Wildman–Crippen LogP) is 1.77. The summed E-state index contributed by atoms with van der Waals surface area (Å²) in [5.41, 5.74) is 0.637. The molecule has 0 heterocycles. The molecule has 4 heteroatoms. The van der Waals surface area contributed by atoms with Gasteiger partial charge in [0.05, 0.1) is 11.6 Å². The van der Waals surface area contributed by atoms with Crippen LogP contribution in [-0.4, -0.2) is 22.9 Å². The molecule has 0 saturated carbocycles. The third kappa shape index (κ3) is 2.80. The van der Waals surface area contributed by atoms with E-state index < -0.39 is 5.97 Å². The normalized spacial score (nSPS) is 11.9. The zero-order chi connectivity index (χ0) is 11.4. The first kappa shape index (κ1) is 11.2. The number of nitrogens with one attached hydrogen (secondary N) is 1. The van der Waals surface area contributed by atoms with Gasteiger partial charge >= 0.3 is 5.97 Å². The number of hydrogen-bond acceptors (Lipinski definition) is 3. The predicted molar refractivity (Wildman–Crippen MR) is 57.2 cm³/mol. The van der Waals surface area contributed by atoms with Gasteiger partial charge in [-0.05, 0) is 26.0 Å². The molecule has 1 atom stereocenters.